The molecule has 0 aliphatic rings. The maximum atomic E-state index is 12.0. The number of thiophene rings is 1. The number of nitrogens with zero attached hydrogens (tertiary/aromatic N) is 3. The van der Waals surface area contributed by atoms with Gasteiger partial charge >= 0.3 is 0 Å². The molecule has 0 aliphatic carbocycles. The minimum Gasteiger partial charge on any atom is -0.352 e. The van der Waals surface area contributed by atoms with E-state index in [-0.39, 0.29) is 5.56 Å². The molecule has 0 amide bonds. The molecule has 22 heavy (non-hydrogen) atoms. The molecule has 0 aliphatic heterocycles. The average Bonchev–Trinajstić information content (AvgIpc) is 3.14. The molecule has 2 N–H and O–H groups in total. The van der Waals surface area contributed by atoms with Gasteiger partial charge in [-0.15, -0.1) is 11.3 Å². The van der Waals surface area contributed by atoms with Crippen LogP contribution in [0.5, 0.6) is 0 Å². The number of H-pyrrole nitrogens is 2. The lowest BCUT2D eigenvalue weighted by molar-refractivity contribution is 0.829. The minimum absolute atomic E-state index is 0.0869. The Labute approximate surface area is 129 Å². The van der Waals surface area contributed by atoms with Gasteiger partial charge in [0.25, 0.3) is 5.56 Å². The van der Waals surface area contributed by atoms with Crippen LogP contribution >= 0.6 is 11.3 Å². The Kier molecular flexibility index (Phi) is 2.93. The van der Waals surface area contributed by atoms with Crippen molar-refractivity contribution >= 4 is 38.4 Å². The third-order valence-electron chi connectivity index (χ3n) is 3.54. The van der Waals surface area contributed by atoms with Gasteiger partial charge in [0, 0.05) is 18.6 Å². The van der Waals surface area contributed by atoms with Crippen LogP contribution in [-0.2, 0) is 6.54 Å². The minimum atomic E-state index is -0.0869. The van der Waals surface area contributed by atoms with E-state index in [9.17, 15) is 4.79 Å². The van der Waals surface area contributed by atoms with Crippen molar-refractivity contribution in [3.05, 3.63) is 52.0 Å². The Bertz CT molecular complexity index is 1020. The highest BCUT2D eigenvalue weighted by Crippen LogP contribution is 2.18. The molecule has 0 aromatic carbocycles. The third kappa shape index (κ3) is 2.15. The van der Waals surface area contributed by atoms with E-state index in [1.54, 1.807) is 0 Å². The van der Waals surface area contributed by atoms with Crippen LogP contribution < -0.4 is 10.5 Å². The number of pyridine rings is 1. The molecule has 0 spiro atoms. The molecule has 0 saturated carbocycles. The molecule has 0 fully saturated rings. The van der Waals surface area contributed by atoms with Crippen molar-refractivity contribution in [1.82, 2.24) is 19.9 Å². The van der Waals surface area contributed by atoms with Crippen LogP contribution in [0.2, 0.25) is 0 Å². The lowest BCUT2D eigenvalue weighted by Crippen LogP contribution is -2.22. The Morgan fingerprint density at radius 3 is 3.05 bits per heavy atom. The first kappa shape index (κ1) is 13.0. The monoisotopic (exact) mass is 311 g/mol. The van der Waals surface area contributed by atoms with Crippen LogP contribution in [0.1, 0.15) is 5.82 Å². The summed E-state index contributed by atoms with van der Waals surface area (Å²) in [4.78, 5) is 28.9. The highest BCUT2D eigenvalue weighted by Gasteiger charge is 2.09. The van der Waals surface area contributed by atoms with Crippen molar-refractivity contribution < 1.29 is 0 Å². The second-order valence-electron chi connectivity index (χ2n) is 5.09. The standard InChI is InChI=1S/C15H13N5OS/c1-20(12-3-2-9-4-6-16-14(9)19-12)8-11-17-10-5-7-22-13(10)15(21)18-11/h2-7H,8H2,1H3,(H,16,19)(H,17,18,21). The first-order valence-electron chi connectivity index (χ1n) is 6.82. The first-order chi connectivity index (χ1) is 10.7. The van der Waals surface area contributed by atoms with Gasteiger partial charge in [-0.1, -0.05) is 0 Å². The summed E-state index contributed by atoms with van der Waals surface area (Å²) in [5, 5.41) is 2.95. The van der Waals surface area contributed by atoms with E-state index in [1.807, 2.05) is 47.8 Å². The number of rotatable bonds is 3. The molecule has 4 heterocycles. The molecule has 7 heteroatoms. The molecule has 4 aromatic heterocycles. The summed E-state index contributed by atoms with van der Waals surface area (Å²) in [5.41, 5.74) is 1.50. The number of hydrogen-bond acceptors (Lipinski definition) is 5. The van der Waals surface area contributed by atoms with Crippen molar-refractivity contribution in [3.8, 4) is 0 Å². The van der Waals surface area contributed by atoms with Gasteiger partial charge in [0.2, 0.25) is 0 Å². The van der Waals surface area contributed by atoms with Gasteiger partial charge in [-0.05, 0) is 29.6 Å². The Hall–Kier alpha value is -2.67. The van der Waals surface area contributed by atoms with Crippen molar-refractivity contribution in [2.24, 2.45) is 0 Å². The van der Waals surface area contributed by atoms with E-state index in [0.717, 1.165) is 22.4 Å². The van der Waals surface area contributed by atoms with Gasteiger partial charge in [0.15, 0.2) is 0 Å². The second kappa shape index (κ2) is 4.96. The van der Waals surface area contributed by atoms with Gasteiger partial charge in [-0.3, -0.25) is 4.79 Å². The number of aromatic nitrogens is 4. The lowest BCUT2D eigenvalue weighted by atomic mass is 10.3. The SMILES string of the molecule is CN(Cc1nc2ccsc2c(=O)[nH]1)c1ccc2cc[nH]c2n1. The van der Waals surface area contributed by atoms with Crippen LogP contribution in [0.25, 0.3) is 21.3 Å². The number of aromatic amines is 2. The molecular formula is C15H13N5OS. The van der Waals surface area contributed by atoms with E-state index >= 15 is 0 Å². The van der Waals surface area contributed by atoms with E-state index in [4.69, 9.17) is 0 Å². The number of anilines is 1. The number of hydrogen-bond donors (Lipinski definition) is 2. The summed E-state index contributed by atoms with van der Waals surface area (Å²) in [7, 11) is 1.93. The van der Waals surface area contributed by atoms with E-state index in [0.29, 0.717) is 17.1 Å². The maximum absolute atomic E-state index is 12.0. The Morgan fingerprint density at radius 1 is 1.23 bits per heavy atom. The van der Waals surface area contributed by atoms with Crippen LogP contribution in [0.4, 0.5) is 5.82 Å². The molecule has 0 radical (unpaired) electrons. The zero-order valence-corrected chi connectivity index (χ0v) is 12.6. The van der Waals surface area contributed by atoms with Crippen molar-refractivity contribution in [2.45, 2.75) is 6.54 Å². The van der Waals surface area contributed by atoms with Crippen LogP contribution in [0.3, 0.4) is 0 Å². The van der Waals surface area contributed by atoms with Crippen molar-refractivity contribution in [3.63, 3.8) is 0 Å². The molecule has 0 unspecified atom stereocenters. The molecule has 6 nitrogen and oxygen atoms in total. The predicted octanol–water partition coefficient (Wildman–Crippen LogP) is 2.50. The summed E-state index contributed by atoms with van der Waals surface area (Å²) in [6, 6.07) is 7.82. The third-order valence-corrected chi connectivity index (χ3v) is 4.44. The fraction of sp³-hybridized carbons (Fsp3) is 0.133. The molecule has 4 aromatic rings. The van der Waals surface area contributed by atoms with Crippen LogP contribution in [0.15, 0.2) is 40.6 Å². The number of fused-ring (bicyclic) bond motifs is 2. The van der Waals surface area contributed by atoms with Crippen LogP contribution in [0, 0.1) is 0 Å². The Balaban J connectivity index is 1.67. The summed E-state index contributed by atoms with van der Waals surface area (Å²) in [5.74, 6) is 1.45. The van der Waals surface area contributed by atoms with Crippen molar-refractivity contribution in [1.29, 1.82) is 0 Å². The summed E-state index contributed by atoms with van der Waals surface area (Å²) >= 11 is 1.40. The maximum Gasteiger partial charge on any atom is 0.268 e. The van der Waals surface area contributed by atoms with E-state index in [2.05, 4.69) is 19.9 Å². The molecule has 0 saturated heterocycles. The Morgan fingerprint density at radius 2 is 2.14 bits per heavy atom. The van der Waals surface area contributed by atoms with Gasteiger partial charge in [-0.2, -0.15) is 0 Å². The molecule has 4 rings (SSSR count). The molecule has 0 atom stereocenters. The zero-order valence-electron chi connectivity index (χ0n) is 11.8. The number of nitrogens with one attached hydrogen (secondary N) is 2. The molecule has 110 valence electrons. The predicted molar refractivity (Wildman–Crippen MR) is 88.4 cm³/mol. The van der Waals surface area contributed by atoms with Gasteiger partial charge in [0.05, 0.1) is 12.1 Å². The van der Waals surface area contributed by atoms with Gasteiger partial charge in [0.1, 0.15) is 22.0 Å². The topological polar surface area (TPSA) is 77.7 Å². The molecule has 0 bridgehead atoms. The molecular weight excluding hydrogens is 298 g/mol. The summed E-state index contributed by atoms with van der Waals surface area (Å²) < 4.78 is 0.664. The lowest BCUT2D eigenvalue weighted by Gasteiger charge is -2.17. The highest BCUT2D eigenvalue weighted by molar-refractivity contribution is 7.17. The fourth-order valence-corrected chi connectivity index (χ4v) is 3.16. The second-order valence-corrected chi connectivity index (χ2v) is 6.00. The van der Waals surface area contributed by atoms with E-state index in [1.165, 1.54) is 11.3 Å². The summed E-state index contributed by atoms with van der Waals surface area (Å²) in [6.07, 6.45) is 1.87. The largest absolute Gasteiger partial charge is 0.352 e. The smallest absolute Gasteiger partial charge is 0.268 e. The summed E-state index contributed by atoms with van der Waals surface area (Å²) in [6.45, 7) is 0.486. The average molecular weight is 311 g/mol. The van der Waals surface area contributed by atoms with E-state index < -0.39 is 0 Å². The normalized spacial score (nSPS) is 11.3. The highest BCUT2D eigenvalue weighted by atomic mass is 32.1. The van der Waals surface area contributed by atoms with Crippen molar-refractivity contribution in [2.75, 3.05) is 11.9 Å². The van der Waals surface area contributed by atoms with Gasteiger partial charge < -0.3 is 14.9 Å². The fourth-order valence-electron chi connectivity index (χ4n) is 2.43. The quantitative estimate of drug-likeness (QED) is 0.609. The van der Waals surface area contributed by atoms with Gasteiger partial charge in [-0.25, -0.2) is 9.97 Å². The zero-order chi connectivity index (χ0) is 15.1. The first-order valence-corrected chi connectivity index (χ1v) is 7.70. The van der Waals surface area contributed by atoms with Crippen LogP contribution in [-0.4, -0.2) is 27.0 Å².